The van der Waals surface area contributed by atoms with Gasteiger partial charge in [0.15, 0.2) is 0 Å². The molecule has 0 radical (unpaired) electrons. The first kappa shape index (κ1) is 13.5. The van der Waals surface area contributed by atoms with Gasteiger partial charge in [-0.15, -0.1) is 0 Å². The van der Waals surface area contributed by atoms with E-state index in [1.807, 2.05) is 0 Å². The number of amides is 1. The first-order chi connectivity index (χ1) is 9.06. The Morgan fingerprint density at radius 1 is 1.47 bits per heavy atom. The lowest BCUT2D eigenvalue weighted by Crippen LogP contribution is -2.40. The summed E-state index contributed by atoms with van der Waals surface area (Å²) in [7, 11) is 0. The van der Waals surface area contributed by atoms with Gasteiger partial charge in [-0.3, -0.25) is 14.5 Å². The smallest absolute Gasteiger partial charge is 0.320 e. The van der Waals surface area contributed by atoms with Gasteiger partial charge in [-0.2, -0.15) is 0 Å². The Hall–Kier alpha value is -1.95. The molecule has 2 N–H and O–H groups in total. The standard InChI is InChI=1S/C13H15FN2O3/c14-9-3-1-4-10(7-9)15-12(17)8-16-6-2-5-11(16)13(18)19/h1,3-4,7,11H,2,5-6,8H2,(H,15,17)(H,18,19). The van der Waals surface area contributed by atoms with E-state index in [9.17, 15) is 14.0 Å². The number of hydrogen-bond acceptors (Lipinski definition) is 3. The van der Waals surface area contributed by atoms with Crippen LogP contribution in [0.4, 0.5) is 10.1 Å². The lowest BCUT2D eigenvalue weighted by Gasteiger charge is -2.20. The molecular formula is C13H15FN2O3. The van der Waals surface area contributed by atoms with Crippen molar-refractivity contribution in [3.05, 3.63) is 30.1 Å². The lowest BCUT2D eigenvalue weighted by molar-refractivity contribution is -0.142. The summed E-state index contributed by atoms with van der Waals surface area (Å²) < 4.78 is 13.0. The summed E-state index contributed by atoms with van der Waals surface area (Å²) in [6.07, 6.45) is 1.33. The molecule has 6 heteroatoms. The minimum Gasteiger partial charge on any atom is -0.480 e. The minimum absolute atomic E-state index is 0.00742. The van der Waals surface area contributed by atoms with Crippen LogP contribution in [-0.2, 0) is 9.59 Å². The summed E-state index contributed by atoms with van der Waals surface area (Å²) >= 11 is 0. The van der Waals surface area contributed by atoms with Crippen molar-refractivity contribution in [2.45, 2.75) is 18.9 Å². The molecule has 1 aliphatic rings. The lowest BCUT2D eigenvalue weighted by atomic mass is 10.2. The number of halogens is 1. The van der Waals surface area contributed by atoms with E-state index in [-0.39, 0.29) is 12.5 Å². The highest BCUT2D eigenvalue weighted by Crippen LogP contribution is 2.17. The van der Waals surface area contributed by atoms with Crippen LogP contribution in [0.15, 0.2) is 24.3 Å². The Labute approximate surface area is 110 Å². The summed E-state index contributed by atoms with van der Waals surface area (Å²) in [5.41, 5.74) is 0.371. The number of carbonyl (C=O) groups excluding carboxylic acids is 1. The fraction of sp³-hybridized carbons (Fsp3) is 0.385. The third-order valence-electron chi connectivity index (χ3n) is 3.10. The van der Waals surface area contributed by atoms with Gasteiger partial charge in [0.05, 0.1) is 6.54 Å². The predicted octanol–water partition coefficient (Wildman–Crippen LogP) is 1.31. The van der Waals surface area contributed by atoms with E-state index < -0.39 is 17.8 Å². The summed E-state index contributed by atoms with van der Waals surface area (Å²) in [5, 5.41) is 11.6. The number of rotatable bonds is 4. The summed E-state index contributed by atoms with van der Waals surface area (Å²) in [6, 6.07) is 4.99. The number of carboxylic acid groups (broad SMARTS) is 1. The fourth-order valence-corrected chi connectivity index (χ4v) is 2.25. The molecule has 1 aliphatic heterocycles. The fourth-order valence-electron chi connectivity index (χ4n) is 2.25. The van der Waals surface area contributed by atoms with Crippen LogP contribution in [0.25, 0.3) is 0 Å². The number of hydrogen-bond donors (Lipinski definition) is 2. The molecule has 1 unspecified atom stereocenters. The number of aliphatic carboxylic acids is 1. The largest absolute Gasteiger partial charge is 0.480 e. The summed E-state index contributed by atoms with van der Waals surface area (Å²) in [4.78, 5) is 24.4. The Bertz CT molecular complexity index is 493. The van der Waals surface area contributed by atoms with Crippen LogP contribution in [-0.4, -0.2) is 41.0 Å². The molecule has 1 saturated heterocycles. The molecule has 0 aliphatic carbocycles. The van der Waals surface area contributed by atoms with Crippen LogP contribution in [0.3, 0.4) is 0 Å². The van der Waals surface area contributed by atoms with E-state index in [0.717, 1.165) is 6.42 Å². The number of carbonyl (C=O) groups is 2. The van der Waals surface area contributed by atoms with Gasteiger partial charge < -0.3 is 10.4 Å². The molecule has 102 valence electrons. The highest BCUT2D eigenvalue weighted by atomic mass is 19.1. The molecule has 1 aromatic rings. The number of anilines is 1. The van der Waals surface area contributed by atoms with Crippen LogP contribution in [0.5, 0.6) is 0 Å². The number of nitrogens with zero attached hydrogens (tertiary/aromatic N) is 1. The molecule has 1 amide bonds. The van der Waals surface area contributed by atoms with Crippen molar-refractivity contribution in [3.63, 3.8) is 0 Å². The van der Waals surface area contributed by atoms with Crippen molar-refractivity contribution < 1.29 is 19.1 Å². The molecule has 1 fully saturated rings. The Kier molecular flexibility index (Phi) is 4.11. The van der Waals surface area contributed by atoms with Crippen molar-refractivity contribution in [2.75, 3.05) is 18.4 Å². The third-order valence-corrected chi connectivity index (χ3v) is 3.10. The van der Waals surface area contributed by atoms with Gasteiger partial charge in [0.1, 0.15) is 11.9 Å². The molecule has 0 spiro atoms. The van der Waals surface area contributed by atoms with Crippen LogP contribution >= 0.6 is 0 Å². The zero-order chi connectivity index (χ0) is 13.8. The van der Waals surface area contributed by atoms with E-state index in [1.54, 1.807) is 11.0 Å². The molecule has 0 saturated carbocycles. The van der Waals surface area contributed by atoms with Crippen LogP contribution in [0.2, 0.25) is 0 Å². The van der Waals surface area contributed by atoms with Gasteiger partial charge in [-0.25, -0.2) is 4.39 Å². The van der Waals surface area contributed by atoms with E-state index in [2.05, 4.69) is 5.32 Å². The average Bonchev–Trinajstić information content (AvgIpc) is 2.76. The predicted molar refractivity (Wildman–Crippen MR) is 67.3 cm³/mol. The Morgan fingerprint density at radius 3 is 2.95 bits per heavy atom. The van der Waals surface area contributed by atoms with E-state index in [4.69, 9.17) is 5.11 Å². The van der Waals surface area contributed by atoms with Gasteiger partial charge in [-0.05, 0) is 37.6 Å². The maximum Gasteiger partial charge on any atom is 0.320 e. The first-order valence-corrected chi connectivity index (χ1v) is 6.08. The van der Waals surface area contributed by atoms with E-state index >= 15 is 0 Å². The second-order valence-electron chi connectivity index (χ2n) is 4.53. The number of likely N-dealkylation sites (tertiary alicyclic amines) is 1. The maximum absolute atomic E-state index is 13.0. The highest BCUT2D eigenvalue weighted by Gasteiger charge is 2.31. The molecule has 1 aromatic carbocycles. The van der Waals surface area contributed by atoms with E-state index in [0.29, 0.717) is 18.7 Å². The molecule has 19 heavy (non-hydrogen) atoms. The molecular weight excluding hydrogens is 251 g/mol. The zero-order valence-electron chi connectivity index (χ0n) is 10.3. The van der Waals surface area contributed by atoms with Crippen LogP contribution in [0.1, 0.15) is 12.8 Å². The quantitative estimate of drug-likeness (QED) is 0.862. The molecule has 0 bridgehead atoms. The molecule has 5 nitrogen and oxygen atoms in total. The zero-order valence-corrected chi connectivity index (χ0v) is 10.3. The number of benzene rings is 1. The van der Waals surface area contributed by atoms with Crippen molar-refractivity contribution in [1.29, 1.82) is 0 Å². The summed E-state index contributed by atoms with van der Waals surface area (Å²) in [6.45, 7) is 0.598. The van der Waals surface area contributed by atoms with Crippen molar-refractivity contribution in [2.24, 2.45) is 0 Å². The minimum atomic E-state index is -0.906. The van der Waals surface area contributed by atoms with Gasteiger partial charge in [0.2, 0.25) is 5.91 Å². The second-order valence-corrected chi connectivity index (χ2v) is 4.53. The molecule has 2 rings (SSSR count). The molecule has 1 atom stereocenters. The van der Waals surface area contributed by atoms with Gasteiger partial charge in [0.25, 0.3) is 0 Å². The Balaban J connectivity index is 1.92. The Morgan fingerprint density at radius 2 is 2.26 bits per heavy atom. The normalized spacial score (nSPS) is 19.3. The van der Waals surface area contributed by atoms with Gasteiger partial charge >= 0.3 is 5.97 Å². The van der Waals surface area contributed by atoms with Crippen molar-refractivity contribution >= 4 is 17.6 Å². The number of carboxylic acids is 1. The van der Waals surface area contributed by atoms with Gasteiger partial charge in [-0.1, -0.05) is 6.07 Å². The average molecular weight is 266 g/mol. The van der Waals surface area contributed by atoms with Crippen LogP contribution in [0, 0.1) is 5.82 Å². The van der Waals surface area contributed by atoms with E-state index in [1.165, 1.54) is 18.2 Å². The molecule has 1 heterocycles. The third kappa shape index (κ3) is 3.51. The SMILES string of the molecule is O=C(CN1CCCC1C(=O)O)Nc1cccc(F)c1. The molecule has 0 aromatic heterocycles. The number of nitrogens with one attached hydrogen (secondary N) is 1. The van der Waals surface area contributed by atoms with Crippen molar-refractivity contribution in [1.82, 2.24) is 4.90 Å². The van der Waals surface area contributed by atoms with Crippen LogP contribution < -0.4 is 5.32 Å². The summed E-state index contributed by atoms with van der Waals surface area (Å²) in [5.74, 6) is -1.67. The maximum atomic E-state index is 13.0. The first-order valence-electron chi connectivity index (χ1n) is 6.08. The monoisotopic (exact) mass is 266 g/mol. The second kappa shape index (κ2) is 5.79. The van der Waals surface area contributed by atoms with Crippen molar-refractivity contribution in [3.8, 4) is 0 Å². The topological polar surface area (TPSA) is 69.6 Å². The van der Waals surface area contributed by atoms with Gasteiger partial charge in [0, 0.05) is 5.69 Å². The highest BCUT2D eigenvalue weighted by molar-refractivity contribution is 5.92.